The molecule has 2 fully saturated rings. The summed E-state index contributed by atoms with van der Waals surface area (Å²) in [5.74, 6) is 0.770. The van der Waals surface area contributed by atoms with Crippen LogP contribution in [0.2, 0.25) is 0 Å². The molecule has 0 radical (unpaired) electrons. The van der Waals surface area contributed by atoms with Gasteiger partial charge in [-0.25, -0.2) is 4.68 Å². The predicted octanol–water partition coefficient (Wildman–Crippen LogP) is 1.91. The third kappa shape index (κ3) is 1.96. The minimum Gasteiger partial charge on any atom is -0.334 e. The van der Waals surface area contributed by atoms with E-state index in [0.717, 1.165) is 23.7 Å². The van der Waals surface area contributed by atoms with E-state index < -0.39 is 0 Å². The van der Waals surface area contributed by atoms with Gasteiger partial charge in [0, 0.05) is 25.2 Å². The molecule has 4 rings (SSSR count). The average Bonchev–Trinajstić information content (AvgIpc) is 2.90. The third-order valence-electron chi connectivity index (χ3n) is 3.78. The van der Waals surface area contributed by atoms with Gasteiger partial charge in [-0.3, -0.25) is 4.79 Å². The van der Waals surface area contributed by atoms with Crippen LogP contribution in [0.1, 0.15) is 40.2 Å². The smallest absolute Gasteiger partial charge is 0.264 e. The second kappa shape index (κ2) is 4.16. The lowest BCUT2D eigenvalue weighted by molar-refractivity contribution is 0.0503. The topological polar surface area (TPSA) is 51.0 Å². The highest BCUT2D eigenvalue weighted by Gasteiger charge is 2.34. The van der Waals surface area contributed by atoms with Gasteiger partial charge in [0.25, 0.3) is 5.91 Å². The average molecular weight is 274 g/mol. The van der Waals surface area contributed by atoms with Crippen molar-refractivity contribution in [1.82, 2.24) is 19.9 Å². The summed E-state index contributed by atoms with van der Waals surface area (Å²) in [5, 5.41) is 10.3. The van der Waals surface area contributed by atoms with Gasteiger partial charge in [0.05, 0.1) is 16.6 Å². The highest BCUT2D eigenvalue weighted by molar-refractivity contribution is 7.12. The predicted molar refractivity (Wildman–Crippen MR) is 71.3 cm³/mol. The molecular formula is C13H14N4OS. The van der Waals surface area contributed by atoms with Crippen molar-refractivity contribution in [3.8, 4) is 0 Å². The van der Waals surface area contributed by atoms with E-state index in [9.17, 15) is 4.79 Å². The number of carbonyl (C=O) groups is 1. The summed E-state index contributed by atoms with van der Waals surface area (Å²) in [6.07, 6.45) is 4.54. The molecule has 2 aromatic rings. The fourth-order valence-corrected chi connectivity index (χ4v) is 3.07. The molecule has 6 heteroatoms. The van der Waals surface area contributed by atoms with Crippen LogP contribution < -0.4 is 0 Å². The SMILES string of the molecule is O=C(c1cccs1)N1CC(n2cc(C3CC3)nn2)C1. The van der Waals surface area contributed by atoms with Crippen molar-refractivity contribution in [1.29, 1.82) is 0 Å². The number of nitrogens with zero attached hydrogens (tertiary/aromatic N) is 4. The fourth-order valence-electron chi connectivity index (χ4n) is 2.38. The van der Waals surface area contributed by atoms with Crippen molar-refractivity contribution in [2.75, 3.05) is 13.1 Å². The molecule has 0 bridgehead atoms. The first-order chi connectivity index (χ1) is 9.31. The maximum atomic E-state index is 12.1. The molecule has 0 aromatic carbocycles. The van der Waals surface area contributed by atoms with E-state index in [4.69, 9.17) is 0 Å². The molecule has 1 saturated heterocycles. The fraction of sp³-hybridized carbons (Fsp3) is 0.462. The zero-order chi connectivity index (χ0) is 12.8. The third-order valence-corrected chi connectivity index (χ3v) is 4.64. The molecule has 2 aromatic heterocycles. The number of rotatable bonds is 3. The summed E-state index contributed by atoms with van der Waals surface area (Å²) < 4.78 is 1.92. The van der Waals surface area contributed by atoms with E-state index in [1.54, 1.807) is 0 Å². The number of hydrogen-bond donors (Lipinski definition) is 0. The lowest BCUT2D eigenvalue weighted by Crippen LogP contribution is -2.50. The summed E-state index contributed by atoms with van der Waals surface area (Å²) in [4.78, 5) is 14.8. The quantitative estimate of drug-likeness (QED) is 0.859. The molecule has 1 aliphatic carbocycles. The first-order valence-electron chi connectivity index (χ1n) is 6.56. The molecule has 2 aliphatic rings. The number of carbonyl (C=O) groups excluding carboxylic acids is 1. The van der Waals surface area contributed by atoms with E-state index in [1.165, 1.54) is 24.2 Å². The largest absolute Gasteiger partial charge is 0.334 e. The van der Waals surface area contributed by atoms with Crippen molar-refractivity contribution in [3.63, 3.8) is 0 Å². The molecule has 5 nitrogen and oxygen atoms in total. The van der Waals surface area contributed by atoms with Crippen LogP contribution in [0, 0.1) is 0 Å². The molecular weight excluding hydrogens is 260 g/mol. The van der Waals surface area contributed by atoms with Crippen LogP contribution >= 0.6 is 11.3 Å². The van der Waals surface area contributed by atoms with Gasteiger partial charge in [-0.15, -0.1) is 16.4 Å². The van der Waals surface area contributed by atoms with Crippen molar-refractivity contribution in [3.05, 3.63) is 34.3 Å². The Morgan fingerprint density at radius 1 is 1.37 bits per heavy atom. The lowest BCUT2D eigenvalue weighted by atomic mass is 10.1. The Labute approximate surface area is 114 Å². The molecule has 0 atom stereocenters. The van der Waals surface area contributed by atoms with E-state index in [0.29, 0.717) is 12.0 Å². The van der Waals surface area contributed by atoms with Crippen molar-refractivity contribution in [2.45, 2.75) is 24.8 Å². The molecule has 1 saturated carbocycles. The molecule has 98 valence electrons. The molecule has 1 aliphatic heterocycles. The van der Waals surface area contributed by atoms with Gasteiger partial charge in [-0.1, -0.05) is 11.3 Å². The van der Waals surface area contributed by atoms with Crippen LogP contribution in [-0.2, 0) is 0 Å². The van der Waals surface area contributed by atoms with Crippen LogP contribution in [0.15, 0.2) is 23.7 Å². The number of thiophene rings is 1. The van der Waals surface area contributed by atoms with Crippen molar-refractivity contribution < 1.29 is 4.79 Å². The number of hydrogen-bond acceptors (Lipinski definition) is 4. The number of likely N-dealkylation sites (tertiary alicyclic amines) is 1. The zero-order valence-corrected chi connectivity index (χ0v) is 11.2. The second-order valence-electron chi connectivity index (χ2n) is 5.24. The standard InChI is InChI=1S/C13H14N4OS/c18-13(12-2-1-5-19-12)16-6-10(7-16)17-8-11(14-15-17)9-3-4-9/h1-2,5,8-10H,3-4,6-7H2. The summed E-state index contributed by atoms with van der Waals surface area (Å²) >= 11 is 1.50. The first-order valence-corrected chi connectivity index (χ1v) is 7.44. The highest BCUT2D eigenvalue weighted by Crippen LogP contribution is 2.39. The van der Waals surface area contributed by atoms with Gasteiger partial charge in [0.15, 0.2) is 0 Å². The molecule has 0 unspecified atom stereocenters. The molecule has 0 spiro atoms. The van der Waals surface area contributed by atoms with Crippen LogP contribution in [-0.4, -0.2) is 38.9 Å². The Hall–Kier alpha value is -1.69. The van der Waals surface area contributed by atoms with E-state index >= 15 is 0 Å². The Morgan fingerprint density at radius 3 is 2.89 bits per heavy atom. The van der Waals surface area contributed by atoms with Gasteiger partial charge < -0.3 is 4.90 Å². The Morgan fingerprint density at radius 2 is 2.21 bits per heavy atom. The van der Waals surface area contributed by atoms with Crippen molar-refractivity contribution >= 4 is 17.2 Å². The van der Waals surface area contributed by atoms with Gasteiger partial charge in [0.2, 0.25) is 0 Å². The molecule has 3 heterocycles. The minimum absolute atomic E-state index is 0.133. The Balaban J connectivity index is 1.40. The molecule has 1 amide bonds. The monoisotopic (exact) mass is 274 g/mol. The summed E-state index contributed by atoms with van der Waals surface area (Å²) in [7, 11) is 0. The van der Waals surface area contributed by atoms with Gasteiger partial charge in [0.1, 0.15) is 0 Å². The van der Waals surface area contributed by atoms with Gasteiger partial charge in [-0.05, 0) is 24.3 Å². The summed E-state index contributed by atoms with van der Waals surface area (Å²) in [5.41, 5.74) is 1.11. The van der Waals surface area contributed by atoms with Crippen LogP contribution in [0.3, 0.4) is 0 Å². The van der Waals surface area contributed by atoms with Crippen LogP contribution in [0.4, 0.5) is 0 Å². The van der Waals surface area contributed by atoms with Gasteiger partial charge >= 0.3 is 0 Å². The molecule has 0 N–H and O–H groups in total. The van der Waals surface area contributed by atoms with E-state index in [1.807, 2.05) is 27.1 Å². The van der Waals surface area contributed by atoms with Crippen LogP contribution in [0.25, 0.3) is 0 Å². The maximum Gasteiger partial charge on any atom is 0.264 e. The zero-order valence-electron chi connectivity index (χ0n) is 10.4. The normalized spacial score (nSPS) is 19.5. The number of aromatic nitrogens is 3. The maximum absolute atomic E-state index is 12.1. The molecule has 19 heavy (non-hydrogen) atoms. The first kappa shape index (κ1) is 11.2. The summed E-state index contributed by atoms with van der Waals surface area (Å²) in [6, 6.07) is 4.08. The minimum atomic E-state index is 0.133. The van der Waals surface area contributed by atoms with Crippen molar-refractivity contribution in [2.24, 2.45) is 0 Å². The Bertz CT molecular complexity index is 596. The highest BCUT2D eigenvalue weighted by atomic mass is 32.1. The lowest BCUT2D eigenvalue weighted by Gasteiger charge is -2.38. The van der Waals surface area contributed by atoms with E-state index in [2.05, 4.69) is 16.5 Å². The van der Waals surface area contributed by atoms with Crippen LogP contribution in [0.5, 0.6) is 0 Å². The Kier molecular flexibility index (Phi) is 2.44. The second-order valence-corrected chi connectivity index (χ2v) is 6.19. The number of amides is 1. The van der Waals surface area contributed by atoms with Gasteiger partial charge in [-0.2, -0.15) is 0 Å². The van der Waals surface area contributed by atoms with E-state index in [-0.39, 0.29) is 5.91 Å². The summed E-state index contributed by atoms with van der Waals surface area (Å²) in [6.45, 7) is 1.48.